The molecule has 5 nitrogen and oxygen atoms in total. The lowest BCUT2D eigenvalue weighted by atomic mass is 10.2. The molecule has 0 bridgehead atoms. The Hall–Kier alpha value is -2.56. The molecule has 0 aliphatic carbocycles. The van der Waals surface area contributed by atoms with Crippen LogP contribution in [-0.4, -0.2) is 19.3 Å². The summed E-state index contributed by atoms with van der Waals surface area (Å²) in [5, 5.41) is 11.5. The van der Waals surface area contributed by atoms with Gasteiger partial charge in [0, 0.05) is 37.2 Å². The molecule has 5 heteroatoms. The Bertz CT molecular complexity index is 710. The lowest BCUT2D eigenvalue weighted by Gasteiger charge is -2.09. The number of nitrogens with zero attached hydrogens (tertiary/aromatic N) is 4. The van der Waals surface area contributed by atoms with E-state index in [-0.39, 0.29) is 0 Å². The first-order chi connectivity index (χ1) is 9.74. The van der Waals surface area contributed by atoms with Crippen LogP contribution in [0, 0.1) is 0 Å². The zero-order valence-corrected chi connectivity index (χ0v) is 11.6. The van der Waals surface area contributed by atoms with Gasteiger partial charge in [0.25, 0.3) is 0 Å². The van der Waals surface area contributed by atoms with E-state index in [1.54, 1.807) is 6.33 Å². The van der Waals surface area contributed by atoms with E-state index in [1.807, 2.05) is 43.1 Å². The highest BCUT2D eigenvalue weighted by atomic mass is 15.2. The second kappa shape index (κ2) is 5.21. The molecule has 0 saturated carbocycles. The van der Waals surface area contributed by atoms with Gasteiger partial charge in [-0.15, -0.1) is 10.2 Å². The van der Waals surface area contributed by atoms with Crippen molar-refractivity contribution in [3.63, 3.8) is 0 Å². The van der Waals surface area contributed by atoms with Gasteiger partial charge < -0.3 is 14.5 Å². The fourth-order valence-corrected chi connectivity index (χ4v) is 2.19. The van der Waals surface area contributed by atoms with Crippen LogP contribution in [-0.2, 0) is 20.6 Å². The fourth-order valence-electron chi connectivity index (χ4n) is 2.19. The van der Waals surface area contributed by atoms with E-state index < -0.39 is 0 Å². The number of aryl methyl sites for hydroxylation is 2. The monoisotopic (exact) mass is 267 g/mol. The van der Waals surface area contributed by atoms with E-state index >= 15 is 0 Å². The average molecular weight is 267 g/mol. The van der Waals surface area contributed by atoms with Crippen molar-refractivity contribution >= 4 is 5.69 Å². The highest BCUT2D eigenvalue weighted by molar-refractivity contribution is 5.62. The predicted octanol–water partition coefficient (Wildman–Crippen LogP) is 2.43. The maximum atomic E-state index is 4.13. The molecule has 0 saturated heterocycles. The number of benzene rings is 1. The normalized spacial score (nSPS) is 10.7. The molecule has 3 aromatic rings. The van der Waals surface area contributed by atoms with Gasteiger partial charge in [0.15, 0.2) is 5.82 Å². The topological polar surface area (TPSA) is 47.7 Å². The SMILES string of the molecule is Cn1cccc1CNc1cccc(-c2nncn2C)c1. The molecule has 0 aliphatic heterocycles. The highest BCUT2D eigenvalue weighted by Gasteiger charge is 2.05. The summed E-state index contributed by atoms with van der Waals surface area (Å²) < 4.78 is 4.02. The Morgan fingerprint density at radius 2 is 2.00 bits per heavy atom. The molecule has 0 aliphatic rings. The third kappa shape index (κ3) is 2.42. The van der Waals surface area contributed by atoms with Gasteiger partial charge >= 0.3 is 0 Å². The van der Waals surface area contributed by atoms with E-state index in [0.29, 0.717) is 0 Å². The minimum atomic E-state index is 0.797. The van der Waals surface area contributed by atoms with Crippen molar-refractivity contribution in [3.8, 4) is 11.4 Å². The van der Waals surface area contributed by atoms with E-state index in [2.05, 4.69) is 38.3 Å². The molecule has 1 aromatic carbocycles. The summed E-state index contributed by atoms with van der Waals surface area (Å²) in [6.07, 6.45) is 3.76. The van der Waals surface area contributed by atoms with Crippen LogP contribution in [0.5, 0.6) is 0 Å². The van der Waals surface area contributed by atoms with Crippen molar-refractivity contribution in [1.82, 2.24) is 19.3 Å². The van der Waals surface area contributed by atoms with Crippen LogP contribution in [0.15, 0.2) is 48.9 Å². The molecule has 0 radical (unpaired) electrons. The average Bonchev–Trinajstić information content (AvgIpc) is 3.05. The third-order valence-electron chi connectivity index (χ3n) is 3.36. The summed E-state index contributed by atoms with van der Waals surface area (Å²) in [5.41, 5.74) is 3.38. The van der Waals surface area contributed by atoms with Crippen LogP contribution in [0.4, 0.5) is 5.69 Å². The number of nitrogens with one attached hydrogen (secondary N) is 1. The molecular formula is C15H17N5. The molecule has 2 aromatic heterocycles. The van der Waals surface area contributed by atoms with E-state index in [4.69, 9.17) is 0 Å². The Balaban J connectivity index is 1.78. The van der Waals surface area contributed by atoms with Crippen LogP contribution >= 0.6 is 0 Å². The summed E-state index contributed by atoms with van der Waals surface area (Å²) in [7, 11) is 3.99. The smallest absolute Gasteiger partial charge is 0.163 e. The van der Waals surface area contributed by atoms with Gasteiger partial charge in [0.05, 0.1) is 6.54 Å². The predicted molar refractivity (Wildman–Crippen MR) is 79.2 cm³/mol. The number of aromatic nitrogens is 4. The lowest BCUT2D eigenvalue weighted by Crippen LogP contribution is -2.04. The molecule has 0 atom stereocenters. The van der Waals surface area contributed by atoms with Crippen molar-refractivity contribution in [2.45, 2.75) is 6.54 Å². The van der Waals surface area contributed by atoms with Crippen LogP contribution in [0.1, 0.15) is 5.69 Å². The second-order valence-electron chi connectivity index (χ2n) is 4.81. The first-order valence-corrected chi connectivity index (χ1v) is 6.52. The quantitative estimate of drug-likeness (QED) is 0.789. The second-order valence-corrected chi connectivity index (χ2v) is 4.81. The maximum Gasteiger partial charge on any atom is 0.163 e. The Morgan fingerprint density at radius 1 is 1.10 bits per heavy atom. The Morgan fingerprint density at radius 3 is 2.70 bits per heavy atom. The van der Waals surface area contributed by atoms with Crippen LogP contribution in [0.3, 0.4) is 0 Å². The van der Waals surface area contributed by atoms with E-state index in [1.165, 1.54) is 5.69 Å². The summed E-state index contributed by atoms with van der Waals surface area (Å²) in [6.45, 7) is 0.797. The van der Waals surface area contributed by atoms with Crippen molar-refractivity contribution in [2.24, 2.45) is 14.1 Å². The Labute approximate surface area is 117 Å². The molecule has 2 heterocycles. The van der Waals surface area contributed by atoms with Gasteiger partial charge in [-0.2, -0.15) is 0 Å². The van der Waals surface area contributed by atoms with E-state index in [9.17, 15) is 0 Å². The van der Waals surface area contributed by atoms with Gasteiger partial charge in [-0.3, -0.25) is 0 Å². The number of hydrogen-bond acceptors (Lipinski definition) is 3. The third-order valence-corrected chi connectivity index (χ3v) is 3.36. The molecule has 20 heavy (non-hydrogen) atoms. The lowest BCUT2D eigenvalue weighted by molar-refractivity contribution is 0.842. The molecular weight excluding hydrogens is 250 g/mol. The minimum Gasteiger partial charge on any atom is -0.379 e. The zero-order valence-electron chi connectivity index (χ0n) is 11.6. The number of rotatable bonds is 4. The van der Waals surface area contributed by atoms with Crippen molar-refractivity contribution < 1.29 is 0 Å². The van der Waals surface area contributed by atoms with Crippen molar-refractivity contribution in [3.05, 3.63) is 54.6 Å². The minimum absolute atomic E-state index is 0.797. The molecule has 1 N–H and O–H groups in total. The molecule has 0 unspecified atom stereocenters. The standard InChI is InChI=1S/C15H17N5/c1-19-8-4-7-14(19)10-16-13-6-3-5-12(9-13)15-18-17-11-20(15)2/h3-9,11,16H,10H2,1-2H3. The molecule has 0 spiro atoms. The molecule has 102 valence electrons. The summed E-state index contributed by atoms with van der Waals surface area (Å²) in [4.78, 5) is 0. The van der Waals surface area contributed by atoms with Gasteiger partial charge in [-0.05, 0) is 24.3 Å². The van der Waals surface area contributed by atoms with Crippen LogP contribution in [0.2, 0.25) is 0 Å². The van der Waals surface area contributed by atoms with Crippen LogP contribution < -0.4 is 5.32 Å². The highest BCUT2D eigenvalue weighted by Crippen LogP contribution is 2.20. The largest absolute Gasteiger partial charge is 0.379 e. The number of hydrogen-bond donors (Lipinski definition) is 1. The molecule has 3 rings (SSSR count). The zero-order chi connectivity index (χ0) is 13.9. The molecule has 0 fully saturated rings. The van der Waals surface area contributed by atoms with Gasteiger partial charge in [0.1, 0.15) is 6.33 Å². The molecule has 0 amide bonds. The first-order valence-electron chi connectivity index (χ1n) is 6.52. The summed E-state index contributed by atoms with van der Waals surface area (Å²) >= 11 is 0. The summed E-state index contributed by atoms with van der Waals surface area (Å²) in [6, 6.07) is 12.4. The van der Waals surface area contributed by atoms with Crippen molar-refractivity contribution in [2.75, 3.05) is 5.32 Å². The van der Waals surface area contributed by atoms with Gasteiger partial charge in [-0.1, -0.05) is 12.1 Å². The van der Waals surface area contributed by atoms with Crippen LogP contribution in [0.25, 0.3) is 11.4 Å². The van der Waals surface area contributed by atoms with E-state index in [0.717, 1.165) is 23.6 Å². The maximum absolute atomic E-state index is 4.13. The fraction of sp³-hybridized carbons (Fsp3) is 0.200. The first kappa shape index (κ1) is 12.5. The Kier molecular flexibility index (Phi) is 3.25. The van der Waals surface area contributed by atoms with Gasteiger partial charge in [-0.25, -0.2) is 0 Å². The van der Waals surface area contributed by atoms with Gasteiger partial charge in [0.2, 0.25) is 0 Å². The van der Waals surface area contributed by atoms with Crippen molar-refractivity contribution in [1.29, 1.82) is 0 Å². The number of anilines is 1. The summed E-state index contributed by atoms with van der Waals surface area (Å²) in [5.74, 6) is 0.868.